The van der Waals surface area contributed by atoms with Gasteiger partial charge in [-0.1, -0.05) is 25.8 Å². The molecule has 0 aliphatic heterocycles. The van der Waals surface area contributed by atoms with Crippen LogP contribution in [0, 0.1) is 5.92 Å². The fourth-order valence-electron chi connectivity index (χ4n) is 3.11. The minimum absolute atomic E-state index is 0.0561. The summed E-state index contributed by atoms with van der Waals surface area (Å²) in [4.78, 5) is 12.1. The third-order valence-corrected chi connectivity index (χ3v) is 4.18. The van der Waals surface area contributed by atoms with Crippen molar-refractivity contribution in [2.24, 2.45) is 5.92 Å². The van der Waals surface area contributed by atoms with Crippen molar-refractivity contribution in [1.82, 2.24) is 19.5 Å². The third-order valence-electron chi connectivity index (χ3n) is 4.18. The van der Waals surface area contributed by atoms with Gasteiger partial charge < -0.3 is 5.32 Å². The smallest absolute Gasteiger partial charge is 0.312 e. The number of nitrogens with zero attached hydrogens (tertiary/aromatic N) is 3. The zero-order valence-corrected chi connectivity index (χ0v) is 12.0. The van der Waals surface area contributed by atoms with E-state index in [2.05, 4.69) is 17.3 Å². The largest absolute Gasteiger partial charge is 0.350 e. The lowest BCUT2D eigenvalue weighted by molar-refractivity contribution is 0.297. The third kappa shape index (κ3) is 2.77. The monoisotopic (exact) mass is 274 g/mol. The molecule has 1 aliphatic rings. The number of nitrogens with one attached hydrogen (secondary N) is 1. The first kappa shape index (κ1) is 13.4. The van der Waals surface area contributed by atoms with Crippen molar-refractivity contribution in [2.45, 2.75) is 45.2 Å². The molecule has 3 rings (SSSR count). The van der Waals surface area contributed by atoms with Gasteiger partial charge in [-0.2, -0.15) is 0 Å². The van der Waals surface area contributed by atoms with E-state index in [1.165, 1.54) is 25.7 Å². The molecule has 1 saturated carbocycles. The quantitative estimate of drug-likeness (QED) is 0.922. The molecule has 1 N–H and O–H groups in total. The number of pyridine rings is 1. The fraction of sp³-hybridized carbons (Fsp3) is 0.600. The molecule has 2 aromatic heterocycles. The molecule has 1 fully saturated rings. The molecule has 0 saturated heterocycles. The number of fused-ring (bicyclic) bond motifs is 1. The fourth-order valence-corrected chi connectivity index (χ4v) is 3.11. The topological polar surface area (TPSA) is 51.3 Å². The van der Waals surface area contributed by atoms with E-state index in [-0.39, 0.29) is 5.69 Å². The molecule has 2 unspecified atom stereocenters. The molecule has 20 heavy (non-hydrogen) atoms. The Balaban J connectivity index is 1.60. The van der Waals surface area contributed by atoms with Crippen molar-refractivity contribution in [3.8, 4) is 0 Å². The normalized spacial score (nSPS) is 23.2. The minimum Gasteiger partial charge on any atom is -0.312 e. The van der Waals surface area contributed by atoms with Gasteiger partial charge in [0.25, 0.3) is 0 Å². The van der Waals surface area contributed by atoms with Crippen molar-refractivity contribution in [3.63, 3.8) is 0 Å². The molecule has 2 aromatic rings. The van der Waals surface area contributed by atoms with Gasteiger partial charge in [0.15, 0.2) is 5.65 Å². The molecule has 108 valence electrons. The Hall–Kier alpha value is -1.62. The summed E-state index contributed by atoms with van der Waals surface area (Å²) in [7, 11) is 0. The zero-order valence-electron chi connectivity index (χ0n) is 12.0. The Kier molecular flexibility index (Phi) is 3.87. The summed E-state index contributed by atoms with van der Waals surface area (Å²) in [5, 5.41) is 7.90. The SMILES string of the molecule is CC1CCCC(NCCn2nc3ccccn3c2=O)C1. The Morgan fingerprint density at radius 3 is 3.10 bits per heavy atom. The minimum atomic E-state index is -0.0561. The first-order valence-corrected chi connectivity index (χ1v) is 7.51. The first-order valence-electron chi connectivity index (χ1n) is 7.51. The van der Waals surface area contributed by atoms with Crippen molar-refractivity contribution in [3.05, 3.63) is 34.9 Å². The summed E-state index contributed by atoms with van der Waals surface area (Å²) < 4.78 is 3.14. The Labute approximate surface area is 118 Å². The maximum Gasteiger partial charge on any atom is 0.350 e. The molecule has 0 amide bonds. The lowest BCUT2D eigenvalue weighted by Crippen LogP contribution is -2.37. The lowest BCUT2D eigenvalue weighted by Gasteiger charge is -2.27. The highest BCUT2D eigenvalue weighted by atomic mass is 16.2. The second kappa shape index (κ2) is 5.79. The molecule has 0 spiro atoms. The number of rotatable bonds is 4. The number of hydrogen-bond donors (Lipinski definition) is 1. The van der Waals surface area contributed by atoms with E-state index in [1.54, 1.807) is 15.3 Å². The molecular formula is C15H22N4O. The van der Waals surface area contributed by atoms with Crippen LogP contribution in [0.5, 0.6) is 0 Å². The summed E-state index contributed by atoms with van der Waals surface area (Å²) in [6.45, 7) is 3.76. The van der Waals surface area contributed by atoms with E-state index in [0.29, 0.717) is 18.2 Å². The van der Waals surface area contributed by atoms with Gasteiger partial charge in [0.2, 0.25) is 0 Å². The molecular weight excluding hydrogens is 252 g/mol. The molecule has 0 bridgehead atoms. The van der Waals surface area contributed by atoms with E-state index in [1.807, 2.05) is 18.2 Å². The second-order valence-corrected chi connectivity index (χ2v) is 5.86. The van der Waals surface area contributed by atoms with Gasteiger partial charge in [0.05, 0.1) is 6.54 Å². The van der Waals surface area contributed by atoms with Crippen LogP contribution in [0.25, 0.3) is 5.65 Å². The predicted octanol–water partition coefficient (Wildman–Crippen LogP) is 1.66. The summed E-state index contributed by atoms with van der Waals surface area (Å²) in [6.07, 6.45) is 6.93. The lowest BCUT2D eigenvalue weighted by atomic mass is 9.87. The van der Waals surface area contributed by atoms with Crippen LogP contribution in [-0.2, 0) is 6.54 Å². The van der Waals surface area contributed by atoms with Gasteiger partial charge in [-0.15, -0.1) is 5.10 Å². The van der Waals surface area contributed by atoms with Crippen molar-refractivity contribution in [2.75, 3.05) is 6.54 Å². The molecule has 2 atom stereocenters. The van der Waals surface area contributed by atoms with E-state index < -0.39 is 0 Å². The number of aromatic nitrogens is 3. The van der Waals surface area contributed by atoms with Crippen LogP contribution in [0.1, 0.15) is 32.6 Å². The van der Waals surface area contributed by atoms with E-state index in [9.17, 15) is 4.79 Å². The molecule has 2 heterocycles. The standard InChI is InChI=1S/C15H22N4O/c1-12-5-4-6-13(11-12)16-8-10-19-15(20)18-9-3-2-7-14(18)17-19/h2-3,7,9,12-13,16H,4-6,8,10-11H2,1H3. The van der Waals surface area contributed by atoms with Gasteiger partial charge in [-0.05, 0) is 30.9 Å². The van der Waals surface area contributed by atoms with Crippen LogP contribution in [0.2, 0.25) is 0 Å². The van der Waals surface area contributed by atoms with Crippen LogP contribution in [0.3, 0.4) is 0 Å². The van der Waals surface area contributed by atoms with Crippen molar-refractivity contribution >= 4 is 5.65 Å². The van der Waals surface area contributed by atoms with Gasteiger partial charge >= 0.3 is 5.69 Å². The van der Waals surface area contributed by atoms with Crippen LogP contribution in [0.15, 0.2) is 29.2 Å². The zero-order chi connectivity index (χ0) is 13.9. The average Bonchev–Trinajstić information content (AvgIpc) is 2.76. The van der Waals surface area contributed by atoms with E-state index in [4.69, 9.17) is 0 Å². The molecule has 0 radical (unpaired) electrons. The predicted molar refractivity (Wildman–Crippen MR) is 78.9 cm³/mol. The van der Waals surface area contributed by atoms with Crippen LogP contribution in [-0.4, -0.2) is 26.8 Å². The molecule has 0 aromatic carbocycles. The maximum atomic E-state index is 12.1. The summed E-state index contributed by atoms with van der Waals surface area (Å²) in [5.41, 5.74) is 0.656. The van der Waals surface area contributed by atoms with Gasteiger partial charge in [0, 0.05) is 18.8 Å². The molecule has 5 nitrogen and oxygen atoms in total. The van der Waals surface area contributed by atoms with E-state index >= 15 is 0 Å². The summed E-state index contributed by atoms with van der Waals surface area (Å²) in [5.74, 6) is 0.819. The van der Waals surface area contributed by atoms with Crippen molar-refractivity contribution in [1.29, 1.82) is 0 Å². The maximum absolute atomic E-state index is 12.1. The Morgan fingerprint density at radius 2 is 2.30 bits per heavy atom. The number of hydrogen-bond acceptors (Lipinski definition) is 3. The molecule has 5 heteroatoms. The van der Waals surface area contributed by atoms with Crippen LogP contribution >= 0.6 is 0 Å². The van der Waals surface area contributed by atoms with Gasteiger partial charge in [-0.3, -0.25) is 4.40 Å². The highest BCUT2D eigenvalue weighted by Gasteiger charge is 2.18. The Morgan fingerprint density at radius 1 is 1.40 bits per heavy atom. The summed E-state index contributed by atoms with van der Waals surface area (Å²) in [6, 6.07) is 6.20. The van der Waals surface area contributed by atoms with E-state index in [0.717, 1.165) is 12.5 Å². The molecule has 1 aliphatic carbocycles. The highest BCUT2D eigenvalue weighted by Crippen LogP contribution is 2.23. The Bertz CT molecular complexity index is 630. The van der Waals surface area contributed by atoms with Gasteiger partial charge in [0.1, 0.15) is 0 Å². The summed E-state index contributed by atoms with van der Waals surface area (Å²) >= 11 is 0. The average molecular weight is 274 g/mol. The highest BCUT2D eigenvalue weighted by molar-refractivity contribution is 5.35. The van der Waals surface area contributed by atoms with Crippen LogP contribution < -0.4 is 11.0 Å². The first-order chi connectivity index (χ1) is 9.74. The van der Waals surface area contributed by atoms with Crippen LogP contribution in [0.4, 0.5) is 0 Å². The second-order valence-electron chi connectivity index (χ2n) is 5.86. The van der Waals surface area contributed by atoms with Gasteiger partial charge in [-0.25, -0.2) is 9.48 Å². The van der Waals surface area contributed by atoms with Crippen molar-refractivity contribution < 1.29 is 0 Å².